The van der Waals surface area contributed by atoms with Gasteiger partial charge in [0, 0.05) is 0 Å². The van der Waals surface area contributed by atoms with E-state index in [0.29, 0.717) is 5.41 Å². The molecule has 0 fully saturated rings. The highest BCUT2D eigenvalue weighted by atomic mass is 16.5. The summed E-state index contributed by atoms with van der Waals surface area (Å²) in [5.74, 6) is 1.04. The molecule has 0 aliphatic rings. The summed E-state index contributed by atoms with van der Waals surface area (Å²) in [5.41, 5.74) is 2.96. The molecule has 0 spiro atoms. The van der Waals surface area contributed by atoms with Crippen LogP contribution in [0.5, 0.6) is 5.75 Å². The molecule has 0 atom stereocenters. The quantitative estimate of drug-likeness (QED) is 0.797. The van der Waals surface area contributed by atoms with Gasteiger partial charge >= 0.3 is 0 Å². The van der Waals surface area contributed by atoms with Gasteiger partial charge < -0.3 is 10.1 Å². The summed E-state index contributed by atoms with van der Waals surface area (Å²) in [6, 6.07) is 6.47. The van der Waals surface area contributed by atoms with Crippen molar-refractivity contribution in [3.8, 4) is 5.75 Å². The van der Waals surface area contributed by atoms with Crippen molar-refractivity contribution in [3.63, 3.8) is 0 Å². The van der Waals surface area contributed by atoms with Gasteiger partial charge in [-0.25, -0.2) is 0 Å². The topological polar surface area (TPSA) is 21.3 Å². The Bertz CT molecular complexity index is 371. The lowest BCUT2D eigenvalue weighted by atomic mass is 9.86. The van der Waals surface area contributed by atoms with Crippen LogP contribution in [-0.2, 0) is 6.42 Å². The van der Waals surface area contributed by atoms with E-state index in [1.807, 2.05) is 14.0 Å². The molecule has 0 amide bonds. The molecular formula is C16H27NO. The third-order valence-corrected chi connectivity index (χ3v) is 3.24. The number of nitrogens with one attached hydrogen (secondary N) is 1. The molecule has 0 aliphatic carbocycles. The van der Waals surface area contributed by atoms with Gasteiger partial charge in [0.15, 0.2) is 0 Å². The lowest BCUT2D eigenvalue weighted by Gasteiger charge is -2.24. The van der Waals surface area contributed by atoms with Gasteiger partial charge in [0.25, 0.3) is 0 Å². The molecule has 0 heterocycles. The van der Waals surface area contributed by atoms with Crippen LogP contribution in [0.15, 0.2) is 18.2 Å². The number of hydrogen-bond acceptors (Lipinski definition) is 2. The van der Waals surface area contributed by atoms with Crippen molar-refractivity contribution in [1.29, 1.82) is 0 Å². The number of aryl methyl sites for hydroxylation is 2. The van der Waals surface area contributed by atoms with Crippen molar-refractivity contribution in [2.45, 2.75) is 40.5 Å². The Labute approximate surface area is 112 Å². The molecule has 2 heteroatoms. The van der Waals surface area contributed by atoms with Crippen molar-refractivity contribution in [3.05, 3.63) is 29.3 Å². The standard InChI is InChI=1S/C16H27NO/c1-6-18-15-8-7-13(2)11-14(15)9-10-16(3,4)12-17-5/h7-8,11,17H,6,9-10,12H2,1-5H3. The SMILES string of the molecule is CCOc1ccc(C)cc1CCC(C)(C)CNC. The number of rotatable bonds is 7. The van der Waals surface area contributed by atoms with Gasteiger partial charge in [-0.15, -0.1) is 0 Å². The second kappa shape index (κ2) is 6.79. The van der Waals surface area contributed by atoms with Gasteiger partial charge in [-0.3, -0.25) is 0 Å². The van der Waals surface area contributed by atoms with E-state index in [2.05, 4.69) is 44.3 Å². The second-order valence-electron chi connectivity index (χ2n) is 5.74. The maximum absolute atomic E-state index is 5.70. The van der Waals surface area contributed by atoms with Crippen LogP contribution < -0.4 is 10.1 Å². The molecule has 1 aromatic carbocycles. The number of ether oxygens (including phenoxy) is 1. The fraction of sp³-hybridized carbons (Fsp3) is 0.625. The third-order valence-electron chi connectivity index (χ3n) is 3.24. The first-order valence-electron chi connectivity index (χ1n) is 6.85. The van der Waals surface area contributed by atoms with E-state index in [1.54, 1.807) is 0 Å². The van der Waals surface area contributed by atoms with Crippen LogP contribution in [0.3, 0.4) is 0 Å². The highest BCUT2D eigenvalue weighted by molar-refractivity contribution is 5.37. The predicted octanol–water partition coefficient (Wildman–Crippen LogP) is 3.57. The van der Waals surface area contributed by atoms with Crippen molar-refractivity contribution in [2.24, 2.45) is 5.41 Å². The molecule has 0 saturated carbocycles. The average molecular weight is 249 g/mol. The summed E-state index contributed by atoms with van der Waals surface area (Å²) in [7, 11) is 2.01. The van der Waals surface area contributed by atoms with Crippen LogP contribution in [0.25, 0.3) is 0 Å². The van der Waals surface area contributed by atoms with Crippen LogP contribution in [-0.4, -0.2) is 20.2 Å². The first-order valence-corrected chi connectivity index (χ1v) is 6.85. The Balaban J connectivity index is 2.73. The largest absolute Gasteiger partial charge is 0.494 e. The van der Waals surface area contributed by atoms with E-state index in [1.165, 1.54) is 11.1 Å². The molecule has 0 aromatic heterocycles. The van der Waals surface area contributed by atoms with E-state index in [9.17, 15) is 0 Å². The zero-order valence-corrected chi connectivity index (χ0v) is 12.5. The maximum atomic E-state index is 5.70. The molecular weight excluding hydrogens is 222 g/mol. The Morgan fingerprint density at radius 2 is 2.00 bits per heavy atom. The Morgan fingerprint density at radius 3 is 2.61 bits per heavy atom. The lowest BCUT2D eigenvalue weighted by molar-refractivity contribution is 0.313. The molecule has 2 nitrogen and oxygen atoms in total. The molecule has 0 bridgehead atoms. The minimum absolute atomic E-state index is 0.321. The van der Waals surface area contributed by atoms with Crippen LogP contribution in [0, 0.1) is 12.3 Å². The lowest BCUT2D eigenvalue weighted by Crippen LogP contribution is -2.27. The van der Waals surface area contributed by atoms with Crippen LogP contribution in [0.2, 0.25) is 0 Å². The Morgan fingerprint density at radius 1 is 1.28 bits per heavy atom. The van der Waals surface area contributed by atoms with Gasteiger partial charge in [0.2, 0.25) is 0 Å². The van der Waals surface area contributed by atoms with Gasteiger partial charge in [0.05, 0.1) is 6.61 Å². The molecule has 0 radical (unpaired) electrons. The van der Waals surface area contributed by atoms with Crippen molar-refractivity contribution >= 4 is 0 Å². The molecule has 1 N–H and O–H groups in total. The summed E-state index contributed by atoms with van der Waals surface area (Å²) >= 11 is 0. The minimum Gasteiger partial charge on any atom is -0.494 e. The van der Waals surface area contributed by atoms with Crippen molar-refractivity contribution in [2.75, 3.05) is 20.2 Å². The predicted molar refractivity (Wildman–Crippen MR) is 78.4 cm³/mol. The Kier molecular flexibility index (Phi) is 5.67. The molecule has 102 valence electrons. The summed E-state index contributed by atoms with van der Waals surface area (Å²) in [5, 5.41) is 3.26. The van der Waals surface area contributed by atoms with Gasteiger partial charge in [-0.1, -0.05) is 31.5 Å². The summed E-state index contributed by atoms with van der Waals surface area (Å²) in [6.07, 6.45) is 2.24. The van der Waals surface area contributed by atoms with Crippen LogP contribution in [0.4, 0.5) is 0 Å². The van der Waals surface area contributed by atoms with E-state index in [-0.39, 0.29) is 0 Å². The normalized spacial score (nSPS) is 11.6. The van der Waals surface area contributed by atoms with Gasteiger partial charge in [-0.2, -0.15) is 0 Å². The molecule has 0 aliphatic heterocycles. The van der Waals surface area contributed by atoms with Crippen molar-refractivity contribution in [1.82, 2.24) is 5.32 Å². The fourth-order valence-electron chi connectivity index (χ4n) is 2.24. The maximum Gasteiger partial charge on any atom is 0.122 e. The first-order chi connectivity index (χ1) is 8.48. The molecule has 0 unspecified atom stereocenters. The smallest absolute Gasteiger partial charge is 0.122 e. The minimum atomic E-state index is 0.321. The molecule has 18 heavy (non-hydrogen) atoms. The van der Waals surface area contributed by atoms with Crippen LogP contribution in [0.1, 0.15) is 38.3 Å². The fourth-order valence-corrected chi connectivity index (χ4v) is 2.24. The summed E-state index contributed by atoms with van der Waals surface area (Å²) in [4.78, 5) is 0. The number of benzene rings is 1. The number of hydrogen-bond donors (Lipinski definition) is 1. The molecule has 1 rings (SSSR count). The highest BCUT2D eigenvalue weighted by Gasteiger charge is 2.17. The van der Waals surface area contributed by atoms with E-state index in [4.69, 9.17) is 4.74 Å². The average Bonchev–Trinajstić information content (AvgIpc) is 2.30. The zero-order chi connectivity index (χ0) is 13.6. The van der Waals surface area contributed by atoms with E-state index < -0.39 is 0 Å². The molecule has 0 saturated heterocycles. The second-order valence-corrected chi connectivity index (χ2v) is 5.74. The Hall–Kier alpha value is -1.02. The monoisotopic (exact) mass is 249 g/mol. The third kappa shape index (κ3) is 4.69. The van der Waals surface area contributed by atoms with Gasteiger partial charge in [-0.05, 0) is 57.3 Å². The van der Waals surface area contributed by atoms with Gasteiger partial charge in [0.1, 0.15) is 5.75 Å². The summed E-state index contributed by atoms with van der Waals surface area (Å²) < 4.78 is 5.70. The van der Waals surface area contributed by atoms with E-state index in [0.717, 1.165) is 31.7 Å². The molecule has 1 aromatic rings. The first kappa shape index (κ1) is 15.0. The zero-order valence-electron chi connectivity index (χ0n) is 12.5. The van der Waals surface area contributed by atoms with Crippen LogP contribution >= 0.6 is 0 Å². The highest BCUT2D eigenvalue weighted by Crippen LogP contribution is 2.27. The van der Waals surface area contributed by atoms with Crippen molar-refractivity contribution < 1.29 is 4.74 Å². The summed E-state index contributed by atoms with van der Waals surface area (Å²) in [6.45, 7) is 10.6. The van der Waals surface area contributed by atoms with E-state index >= 15 is 0 Å².